The number of nitrogens with zero attached hydrogens (tertiary/aromatic N) is 1. The summed E-state index contributed by atoms with van der Waals surface area (Å²) in [6, 6.07) is 10.5. The van der Waals surface area contributed by atoms with E-state index in [0.717, 1.165) is 4.90 Å². The standard InChI is InChI=1S/C18H13BrFNO4/c19-13-5-4-12(15(20)9-13)10-25-18(24)11-2-1-3-14(8-11)21-16(22)6-7-17(21)23/h1-5,8-9H,6-7,10H2. The van der Waals surface area contributed by atoms with Gasteiger partial charge >= 0.3 is 5.97 Å². The van der Waals surface area contributed by atoms with Crippen molar-refractivity contribution in [1.82, 2.24) is 0 Å². The predicted molar refractivity (Wildman–Crippen MR) is 91.4 cm³/mol. The highest BCUT2D eigenvalue weighted by molar-refractivity contribution is 9.10. The van der Waals surface area contributed by atoms with Gasteiger partial charge in [-0.2, -0.15) is 0 Å². The zero-order chi connectivity index (χ0) is 18.0. The third kappa shape index (κ3) is 3.76. The van der Waals surface area contributed by atoms with Crippen molar-refractivity contribution in [2.45, 2.75) is 19.4 Å². The Balaban J connectivity index is 1.73. The summed E-state index contributed by atoms with van der Waals surface area (Å²) >= 11 is 3.16. The van der Waals surface area contributed by atoms with Gasteiger partial charge in [0.15, 0.2) is 0 Å². The summed E-state index contributed by atoms with van der Waals surface area (Å²) < 4.78 is 19.5. The molecule has 1 heterocycles. The van der Waals surface area contributed by atoms with E-state index in [0.29, 0.717) is 10.2 Å². The number of imide groups is 1. The number of esters is 1. The summed E-state index contributed by atoms with van der Waals surface area (Å²) in [7, 11) is 0. The number of amides is 2. The Morgan fingerprint density at radius 3 is 2.52 bits per heavy atom. The van der Waals surface area contributed by atoms with Crippen LogP contribution in [0.25, 0.3) is 0 Å². The quantitative estimate of drug-likeness (QED) is 0.575. The van der Waals surface area contributed by atoms with E-state index in [2.05, 4.69) is 15.9 Å². The molecule has 128 valence electrons. The second kappa shape index (κ2) is 7.14. The molecule has 1 fully saturated rings. The first-order valence-electron chi connectivity index (χ1n) is 7.52. The van der Waals surface area contributed by atoms with E-state index in [9.17, 15) is 18.8 Å². The average molecular weight is 406 g/mol. The van der Waals surface area contributed by atoms with Crippen LogP contribution >= 0.6 is 15.9 Å². The second-order valence-corrected chi connectivity index (χ2v) is 6.40. The van der Waals surface area contributed by atoms with Gasteiger partial charge < -0.3 is 4.74 Å². The minimum Gasteiger partial charge on any atom is -0.457 e. The Morgan fingerprint density at radius 1 is 1.12 bits per heavy atom. The Kier molecular flexibility index (Phi) is 4.94. The second-order valence-electron chi connectivity index (χ2n) is 5.49. The summed E-state index contributed by atoms with van der Waals surface area (Å²) in [6.45, 7) is -0.219. The van der Waals surface area contributed by atoms with Gasteiger partial charge in [-0.1, -0.05) is 28.1 Å². The molecule has 2 amide bonds. The topological polar surface area (TPSA) is 63.7 Å². The van der Waals surface area contributed by atoms with Gasteiger partial charge in [-0.25, -0.2) is 9.18 Å². The molecule has 2 aromatic rings. The fourth-order valence-electron chi connectivity index (χ4n) is 2.50. The number of hydrogen-bond acceptors (Lipinski definition) is 4. The molecule has 0 radical (unpaired) electrons. The third-order valence-corrected chi connectivity index (χ3v) is 4.26. The SMILES string of the molecule is O=C(OCc1ccc(Br)cc1F)c1cccc(N2C(=O)CCC2=O)c1. The minimum atomic E-state index is -0.664. The van der Waals surface area contributed by atoms with E-state index < -0.39 is 11.8 Å². The van der Waals surface area contributed by atoms with Crippen LogP contribution in [0.4, 0.5) is 10.1 Å². The van der Waals surface area contributed by atoms with Crippen LogP contribution in [0, 0.1) is 5.82 Å². The maximum Gasteiger partial charge on any atom is 0.338 e. The minimum absolute atomic E-state index is 0.163. The number of benzene rings is 2. The molecule has 0 spiro atoms. The fourth-order valence-corrected chi connectivity index (χ4v) is 2.84. The van der Waals surface area contributed by atoms with Crippen molar-refractivity contribution < 1.29 is 23.5 Å². The molecule has 0 aromatic heterocycles. The highest BCUT2D eigenvalue weighted by Gasteiger charge is 2.30. The highest BCUT2D eigenvalue weighted by atomic mass is 79.9. The van der Waals surface area contributed by atoms with Gasteiger partial charge in [-0.05, 0) is 30.3 Å². The fraction of sp³-hybridized carbons (Fsp3) is 0.167. The molecule has 1 aliphatic rings. The molecule has 0 unspecified atom stereocenters. The van der Waals surface area contributed by atoms with Crippen LogP contribution in [0.15, 0.2) is 46.9 Å². The van der Waals surface area contributed by atoms with Crippen LogP contribution in [-0.4, -0.2) is 17.8 Å². The zero-order valence-electron chi connectivity index (χ0n) is 13.0. The van der Waals surface area contributed by atoms with E-state index >= 15 is 0 Å². The lowest BCUT2D eigenvalue weighted by atomic mass is 10.2. The Hall–Kier alpha value is -2.54. The molecule has 3 rings (SSSR count). The normalized spacial score (nSPS) is 14.1. The summed E-state index contributed by atoms with van der Waals surface area (Å²) in [5.74, 6) is -1.74. The summed E-state index contributed by atoms with van der Waals surface area (Å²) in [4.78, 5) is 36.8. The van der Waals surface area contributed by atoms with Crippen molar-refractivity contribution in [2.75, 3.05) is 4.90 Å². The Labute approximate surface area is 151 Å². The summed E-state index contributed by atoms with van der Waals surface area (Å²) in [5.41, 5.74) is 0.761. The van der Waals surface area contributed by atoms with Gasteiger partial charge in [-0.15, -0.1) is 0 Å². The first kappa shape index (κ1) is 17.3. The first-order chi connectivity index (χ1) is 12.0. The van der Waals surface area contributed by atoms with E-state index in [1.165, 1.54) is 24.3 Å². The smallest absolute Gasteiger partial charge is 0.338 e. The van der Waals surface area contributed by atoms with Crippen LogP contribution in [0.5, 0.6) is 0 Å². The molecule has 0 bridgehead atoms. The van der Waals surface area contributed by atoms with Gasteiger partial charge in [0.05, 0.1) is 11.3 Å². The van der Waals surface area contributed by atoms with Crippen molar-refractivity contribution in [1.29, 1.82) is 0 Å². The van der Waals surface area contributed by atoms with E-state index in [4.69, 9.17) is 4.74 Å². The van der Waals surface area contributed by atoms with Gasteiger partial charge in [-0.3, -0.25) is 14.5 Å². The molecule has 25 heavy (non-hydrogen) atoms. The lowest BCUT2D eigenvalue weighted by Gasteiger charge is -2.14. The van der Waals surface area contributed by atoms with Crippen LogP contribution in [0.2, 0.25) is 0 Å². The lowest BCUT2D eigenvalue weighted by molar-refractivity contribution is -0.121. The molecule has 1 saturated heterocycles. The Bertz CT molecular complexity index is 852. The van der Waals surface area contributed by atoms with Gasteiger partial charge in [0.25, 0.3) is 0 Å². The summed E-state index contributed by atoms with van der Waals surface area (Å²) in [6.07, 6.45) is 0.326. The molecular weight excluding hydrogens is 393 g/mol. The molecule has 1 aliphatic heterocycles. The van der Waals surface area contributed by atoms with E-state index in [-0.39, 0.29) is 42.4 Å². The number of anilines is 1. The molecule has 0 saturated carbocycles. The molecule has 5 nitrogen and oxygen atoms in total. The van der Waals surface area contributed by atoms with Crippen molar-refractivity contribution in [3.8, 4) is 0 Å². The third-order valence-electron chi connectivity index (χ3n) is 3.77. The first-order valence-corrected chi connectivity index (χ1v) is 8.32. The molecule has 0 atom stereocenters. The van der Waals surface area contributed by atoms with E-state index in [1.807, 2.05) is 0 Å². The monoisotopic (exact) mass is 405 g/mol. The van der Waals surface area contributed by atoms with Crippen molar-refractivity contribution in [2.24, 2.45) is 0 Å². The zero-order valence-corrected chi connectivity index (χ0v) is 14.6. The average Bonchev–Trinajstić information content (AvgIpc) is 2.92. The molecule has 2 aromatic carbocycles. The highest BCUT2D eigenvalue weighted by Crippen LogP contribution is 2.24. The van der Waals surface area contributed by atoms with Gasteiger partial charge in [0.2, 0.25) is 11.8 Å². The number of ether oxygens (including phenoxy) is 1. The molecule has 7 heteroatoms. The number of carbonyl (C=O) groups is 3. The largest absolute Gasteiger partial charge is 0.457 e. The number of rotatable bonds is 4. The predicted octanol–water partition coefficient (Wildman–Crippen LogP) is 3.60. The van der Waals surface area contributed by atoms with Crippen LogP contribution in [0.3, 0.4) is 0 Å². The molecule has 0 N–H and O–H groups in total. The number of hydrogen-bond donors (Lipinski definition) is 0. The maximum atomic E-state index is 13.8. The maximum absolute atomic E-state index is 13.8. The Morgan fingerprint density at radius 2 is 1.84 bits per heavy atom. The van der Waals surface area contributed by atoms with Crippen molar-refractivity contribution in [3.05, 3.63) is 63.9 Å². The van der Waals surface area contributed by atoms with Crippen LogP contribution in [0.1, 0.15) is 28.8 Å². The van der Waals surface area contributed by atoms with Gasteiger partial charge in [0, 0.05) is 22.9 Å². The molecule has 0 aliphatic carbocycles. The number of halogens is 2. The van der Waals surface area contributed by atoms with Crippen molar-refractivity contribution >= 4 is 39.4 Å². The number of carbonyl (C=O) groups excluding carboxylic acids is 3. The van der Waals surface area contributed by atoms with Gasteiger partial charge in [0.1, 0.15) is 12.4 Å². The van der Waals surface area contributed by atoms with Crippen LogP contribution in [-0.2, 0) is 20.9 Å². The molecular formula is C18H13BrFNO4. The van der Waals surface area contributed by atoms with E-state index in [1.54, 1.807) is 18.2 Å². The lowest BCUT2D eigenvalue weighted by Crippen LogP contribution is -2.28. The van der Waals surface area contributed by atoms with Crippen molar-refractivity contribution in [3.63, 3.8) is 0 Å². The van der Waals surface area contributed by atoms with Crippen LogP contribution < -0.4 is 4.90 Å². The summed E-state index contributed by atoms with van der Waals surface area (Å²) in [5, 5.41) is 0.